The number of carbonyl (C=O) groups is 2. The topological polar surface area (TPSA) is 109 Å². The van der Waals surface area contributed by atoms with E-state index in [0.29, 0.717) is 11.3 Å². The van der Waals surface area contributed by atoms with E-state index >= 15 is 0 Å². The average Bonchev–Trinajstić information content (AvgIpc) is 3.02. The predicted molar refractivity (Wildman–Crippen MR) is 89.5 cm³/mol. The van der Waals surface area contributed by atoms with E-state index in [1.807, 2.05) is 0 Å². The van der Waals surface area contributed by atoms with Gasteiger partial charge in [0.25, 0.3) is 0 Å². The molecule has 1 aromatic carbocycles. The number of carbonyl (C=O) groups excluding carboxylic acids is 2. The van der Waals surface area contributed by atoms with Crippen LogP contribution in [0.5, 0.6) is 5.75 Å². The molecule has 0 aliphatic carbocycles. The highest BCUT2D eigenvalue weighted by Crippen LogP contribution is 2.43. The molecule has 3 N–H and O–H groups in total. The highest BCUT2D eigenvalue weighted by molar-refractivity contribution is 7.09. The van der Waals surface area contributed by atoms with Crippen molar-refractivity contribution >= 4 is 28.9 Å². The molecular formula is C16H15F3N2O5S. The maximum Gasteiger partial charge on any atom is 0.424 e. The fraction of sp³-hybridized carbons (Fsp3) is 0.312. The van der Waals surface area contributed by atoms with Gasteiger partial charge in [0.2, 0.25) is 11.5 Å². The van der Waals surface area contributed by atoms with Gasteiger partial charge in [0.1, 0.15) is 10.6 Å². The summed E-state index contributed by atoms with van der Waals surface area (Å²) >= 11 is 0.572. The Hall–Kier alpha value is -2.66. The first-order valence-corrected chi connectivity index (χ1v) is 8.29. The number of anilines is 1. The Bertz CT molecular complexity index is 868. The largest absolute Gasteiger partial charge is 0.505 e. The van der Waals surface area contributed by atoms with Gasteiger partial charge in [-0.25, -0.2) is 9.78 Å². The number of aryl methyl sites for hydroxylation is 1. The zero-order chi connectivity index (χ0) is 20.4. The molecule has 0 saturated heterocycles. The van der Waals surface area contributed by atoms with Crippen molar-refractivity contribution < 1.29 is 37.7 Å². The summed E-state index contributed by atoms with van der Waals surface area (Å²) < 4.78 is 44.7. The molecule has 7 nitrogen and oxygen atoms in total. The Morgan fingerprint density at radius 1 is 1.33 bits per heavy atom. The number of phenols is 1. The summed E-state index contributed by atoms with van der Waals surface area (Å²) in [6.45, 7) is 1.45. The molecule has 27 heavy (non-hydrogen) atoms. The van der Waals surface area contributed by atoms with E-state index < -0.39 is 40.8 Å². The monoisotopic (exact) mass is 404 g/mol. The number of halogens is 3. The lowest BCUT2D eigenvalue weighted by molar-refractivity contribution is -0.266. The summed E-state index contributed by atoms with van der Waals surface area (Å²) in [5.74, 6) is -2.80. The van der Waals surface area contributed by atoms with Crippen molar-refractivity contribution in [1.29, 1.82) is 0 Å². The summed E-state index contributed by atoms with van der Waals surface area (Å²) in [7, 11) is 1.08. The van der Waals surface area contributed by atoms with Crippen LogP contribution in [0.3, 0.4) is 0 Å². The number of benzene rings is 1. The number of aliphatic hydroxyl groups is 1. The van der Waals surface area contributed by atoms with E-state index in [4.69, 9.17) is 0 Å². The Kier molecular flexibility index (Phi) is 5.76. The van der Waals surface area contributed by atoms with Crippen LogP contribution in [0, 0.1) is 6.92 Å². The van der Waals surface area contributed by atoms with Crippen LogP contribution in [0.2, 0.25) is 0 Å². The van der Waals surface area contributed by atoms with Gasteiger partial charge in [-0.1, -0.05) is 6.07 Å². The molecular weight excluding hydrogens is 389 g/mol. The molecule has 0 saturated carbocycles. The maximum absolute atomic E-state index is 13.4. The van der Waals surface area contributed by atoms with Crippen molar-refractivity contribution in [3.8, 4) is 5.75 Å². The summed E-state index contributed by atoms with van der Waals surface area (Å²) in [6, 6.07) is 3.68. The molecule has 146 valence electrons. The fourth-order valence-corrected chi connectivity index (χ4v) is 3.10. The average molecular weight is 404 g/mol. The number of phenolic OH excluding ortho intramolecular Hbond substituents is 1. The maximum atomic E-state index is 13.4. The Balaban J connectivity index is 2.29. The lowest BCUT2D eigenvalue weighted by Gasteiger charge is -2.28. The van der Waals surface area contributed by atoms with Crippen LogP contribution < -0.4 is 5.32 Å². The number of esters is 1. The van der Waals surface area contributed by atoms with Gasteiger partial charge in [-0.05, 0) is 19.1 Å². The minimum absolute atomic E-state index is 0.265. The SMILES string of the molecule is COC(=O)c1cccc(NC(=O)CC(O)(c2nc(C)cs2)C(F)(F)F)c1O. The zero-order valence-electron chi connectivity index (χ0n) is 14.1. The molecule has 1 heterocycles. The molecule has 1 aromatic heterocycles. The summed E-state index contributed by atoms with van der Waals surface area (Å²) in [6.07, 6.45) is -6.55. The molecule has 0 fully saturated rings. The number of hydrogen-bond acceptors (Lipinski definition) is 7. The Labute approximate surface area is 155 Å². The van der Waals surface area contributed by atoms with Crippen LogP contribution in [-0.4, -0.2) is 40.4 Å². The first-order valence-electron chi connectivity index (χ1n) is 7.41. The number of hydrogen-bond donors (Lipinski definition) is 3. The van der Waals surface area contributed by atoms with E-state index in [0.717, 1.165) is 7.11 Å². The number of amides is 1. The number of para-hydroxylation sites is 1. The van der Waals surface area contributed by atoms with Gasteiger partial charge in [-0.3, -0.25) is 4.79 Å². The van der Waals surface area contributed by atoms with Crippen molar-refractivity contribution in [2.75, 3.05) is 12.4 Å². The van der Waals surface area contributed by atoms with Gasteiger partial charge in [0.05, 0.1) is 19.2 Å². The van der Waals surface area contributed by atoms with Crippen molar-refractivity contribution in [3.05, 3.63) is 39.8 Å². The first kappa shape index (κ1) is 20.6. The van der Waals surface area contributed by atoms with Gasteiger partial charge in [0.15, 0.2) is 5.75 Å². The number of alkyl halides is 3. The van der Waals surface area contributed by atoms with Gasteiger partial charge >= 0.3 is 12.1 Å². The smallest absolute Gasteiger partial charge is 0.424 e. The second kappa shape index (κ2) is 7.53. The minimum Gasteiger partial charge on any atom is -0.505 e. The normalized spacial score (nSPS) is 13.7. The first-order chi connectivity index (χ1) is 12.5. The van der Waals surface area contributed by atoms with Crippen LogP contribution in [0.25, 0.3) is 0 Å². The summed E-state index contributed by atoms with van der Waals surface area (Å²) in [5, 5.41) is 22.9. The van der Waals surface area contributed by atoms with E-state index in [2.05, 4.69) is 15.0 Å². The highest BCUT2D eigenvalue weighted by atomic mass is 32.1. The van der Waals surface area contributed by atoms with Crippen LogP contribution in [-0.2, 0) is 15.1 Å². The second-order valence-corrected chi connectivity index (χ2v) is 6.43. The predicted octanol–water partition coefficient (Wildman–Crippen LogP) is 2.72. The Morgan fingerprint density at radius 2 is 2.00 bits per heavy atom. The number of aromatic hydroxyl groups is 1. The van der Waals surface area contributed by atoms with E-state index in [-0.39, 0.29) is 16.9 Å². The number of thiazole rings is 1. The third-order valence-electron chi connectivity index (χ3n) is 3.57. The molecule has 0 bridgehead atoms. The quantitative estimate of drug-likeness (QED) is 0.522. The molecule has 0 spiro atoms. The van der Waals surface area contributed by atoms with E-state index in [9.17, 15) is 33.0 Å². The molecule has 0 aliphatic rings. The third kappa shape index (κ3) is 4.19. The fourth-order valence-electron chi connectivity index (χ4n) is 2.19. The molecule has 1 amide bonds. The lowest BCUT2D eigenvalue weighted by Crippen LogP contribution is -2.45. The zero-order valence-corrected chi connectivity index (χ0v) is 14.9. The number of rotatable bonds is 5. The molecule has 0 aliphatic heterocycles. The number of nitrogens with one attached hydrogen (secondary N) is 1. The number of ether oxygens (including phenoxy) is 1. The van der Waals surface area contributed by atoms with Crippen molar-refractivity contribution in [1.82, 2.24) is 4.98 Å². The van der Waals surface area contributed by atoms with Gasteiger partial charge in [0, 0.05) is 11.1 Å². The Morgan fingerprint density at radius 3 is 2.52 bits per heavy atom. The molecule has 1 unspecified atom stereocenters. The standard InChI is InChI=1S/C16H15F3N2O5S/c1-8-7-27-14(20-8)15(25,16(17,18)19)6-11(22)21-10-5-3-4-9(12(10)23)13(24)26-2/h3-5,7,23,25H,6H2,1-2H3,(H,21,22). The van der Waals surface area contributed by atoms with Gasteiger partial charge in [-0.2, -0.15) is 13.2 Å². The summed E-state index contributed by atoms with van der Waals surface area (Å²) in [4.78, 5) is 27.3. The summed E-state index contributed by atoms with van der Waals surface area (Å²) in [5.41, 5.74) is -3.81. The van der Waals surface area contributed by atoms with E-state index in [1.165, 1.54) is 30.5 Å². The van der Waals surface area contributed by atoms with E-state index in [1.54, 1.807) is 0 Å². The van der Waals surface area contributed by atoms with Crippen LogP contribution >= 0.6 is 11.3 Å². The van der Waals surface area contributed by atoms with Gasteiger partial charge in [-0.15, -0.1) is 11.3 Å². The second-order valence-electron chi connectivity index (χ2n) is 5.57. The number of nitrogens with zero attached hydrogens (tertiary/aromatic N) is 1. The molecule has 2 rings (SSSR count). The number of methoxy groups -OCH3 is 1. The van der Waals surface area contributed by atoms with Gasteiger partial charge < -0.3 is 20.3 Å². The van der Waals surface area contributed by atoms with Crippen LogP contribution in [0.15, 0.2) is 23.6 Å². The van der Waals surface area contributed by atoms with Crippen molar-refractivity contribution in [3.63, 3.8) is 0 Å². The lowest BCUT2D eigenvalue weighted by atomic mass is 9.99. The van der Waals surface area contributed by atoms with Crippen LogP contribution in [0.4, 0.5) is 18.9 Å². The molecule has 11 heteroatoms. The van der Waals surface area contributed by atoms with Crippen molar-refractivity contribution in [2.24, 2.45) is 0 Å². The molecule has 0 radical (unpaired) electrons. The highest BCUT2D eigenvalue weighted by Gasteiger charge is 2.58. The minimum atomic E-state index is -5.16. The van der Waals surface area contributed by atoms with Crippen molar-refractivity contribution in [2.45, 2.75) is 25.1 Å². The molecule has 1 atom stereocenters. The number of aromatic nitrogens is 1. The molecule has 2 aromatic rings. The third-order valence-corrected chi connectivity index (χ3v) is 4.68. The van der Waals surface area contributed by atoms with Crippen LogP contribution in [0.1, 0.15) is 27.5 Å².